The Morgan fingerprint density at radius 2 is 1.64 bits per heavy atom. The summed E-state index contributed by atoms with van der Waals surface area (Å²) in [6, 6.07) is 13.4. The van der Waals surface area contributed by atoms with E-state index in [4.69, 9.17) is 0 Å². The molecule has 0 heterocycles. The molecule has 0 saturated carbocycles. The van der Waals surface area contributed by atoms with Crippen molar-refractivity contribution >= 4 is 27.7 Å². The molecule has 2 aromatic rings. The van der Waals surface area contributed by atoms with Crippen molar-refractivity contribution in [3.63, 3.8) is 0 Å². The van der Waals surface area contributed by atoms with Gasteiger partial charge in [0.25, 0.3) is 5.91 Å². The average Bonchev–Trinajstić information content (AvgIpc) is 2.57. The van der Waals surface area contributed by atoms with Gasteiger partial charge >= 0.3 is 0 Å². The Kier molecular flexibility index (Phi) is 6.76. The minimum atomic E-state index is -0.237. The fourth-order valence-electron chi connectivity index (χ4n) is 2.73. The van der Waals surface area contributed by atoms with E-state index in [1.807, 2.05) is 63.2 Å². The third-order valence-corrected chi connectivity index (χ3v) is 4.44. The van der Waals surface area contributed by atoms with Gasteiger partial charge in [0.15, 0.2) is 0 Å². The van der Waals surface area contributed by atoms with Crippen LogP contribution in [0.4, 0.5) is 0 Å². The number of hydrogen-bond acceptors (Lipinski definition) is 2. The smallest absolute Gasteiger partial charge is 0.251 e. The van der Waals surface area contributed by atoms with Crippen LogP contribution in [0.3, 0.4) is 0 Å². The van der Waals surface area contributed by atoms with Crippen LogP contribution in [0.5, 0.6) is 0 Å². The number of halogens is 1. The van der Waals surface area contributed by atoms with Crippen LogP contribution in [0.25, 0.3) is 0 Å². The highest BCUT2D eigenvalue weighted by atomic mass is 79.9. The van der Waals surface area contributed by atoms with E-state index >= 15 is 0 Å². The lowest BCUT2D eigenvalue weighted by molar-refractivity contribution is -0.120. The molecule has 4 nitrogen and oxygen atoms in total. The average molecular weight is 403 g/mol. The van der Waals surface area contributed by atoms with E-state index in [0.29, 0.717) is 5.56 Å². The first-order valence-electron chi connectivity index (χ1n) is 8.30. The van der Waals surface area contributed by atoms with Crippen LogP contribution < -0.4 is 10.6 Å². The highest BCUT2D eigenvalue weighted by molar-refractivity contribution is 9.10. The lowest BCUT2D eigenvalue weighted by Gasteiger charge is -2.18. The van der Waals surface area contributed by atoms with Gasteiger partial charge in [-0.3, -0.25) is 9.59 Å². The number of benzene rings is 2. The van der Waals surface area contributed by atoms with Gasteiger partial charge in [0, 0.05) is 10.0 Å². The Balaban J connectivity index is 1.92. The van der Waals surface area contributed by atoms with Crippen LogP contribution >= 0.6 is 15.9 Å². The molecule has 0 aliphatic carbocycles. The van der Waals surface area contributed by atoms with Gasteiger partial charge in [-0.2, -0.15) is 0 Å². The maximum Gasteiger partial charge on any atom is 0.251 e. The molecule has 132 valence electrons. The molecule has 0 aliphatic heterocycles. The van der Waals surface area contributed by atoms with Crippen molar-refractivity contribution < 1.29 is 9.59 Å². The first-order valence-corrected chi connectivity index (χ1v) is 9.09. The van der Waals surface area contributed by atoms with Crippen molar-refractivity contribution in [1.82, 2.24) is 10.6 Å². The number of rotatable bonds is 6. The van der Waals surface area contributed by atoms with E-state index < -0.39 is 0 Å². The molecule has 1 atom stereocenters. The standard InChI is InChI=1S/C20H23BrN2O2/c1-4-18(15-5-7-17(21)8-6-15)23-19(24)12-22-20(25)16-10-13(2)9-14(3)11-16/h5-11,18H,4,12H2,1-3H3,(H,22,25)(H,23,24). The van der Waals surface area contributed by atoms with Gasteiger partial charge in [-0.25, -0.2) is 0 Å². The predicted molar refractivity (Wildman–Crippen MR) is 104 cm³/mol. The molecule has 0 radical (unpaired) electrons. The minimum absolute atomic E-state index is 0.0428. The van der Waals surface area contributed by atoms with Crippen molar-refractivity contribution in [2.24, 2.45) is 0 Å². The van der Waals surface area contributed by atoms with Gasteiger partial charge in [-0.15, -0.1) is 0 Å². The molecular weight excluding hydrogens is 380 g/mol. The Morgan fingerprint density at radius 1 is 1.04 bits per heavy atom. The number of carbonyl (C=O) groups is 2. The van der Waals surface area contributed by atoms with Crippen LogP contribution in [-0.4, -0.2) is 18.4 Å². The summed E-state index contributed by atoms with van der Waals surface area (Å²) in [6.07, 6.45) is 0.776. The first-order chi connectivity index (χ1) is 11.9. The highest BCUT2D eigenvalue weighted by Gasteiger charge is 2.14. The zero-order chi connectivity index (χ0) is 18.4. The predicted octanol–water partition coefficient (Wildman–Crippen LogP) is 4.06. The van der Waals surface area contributed by atoms with Gasteiger partial charge in [-0.1, -0.05) is 52.2 Å². The first kappa shape index (κ1) is 19.2. The van der Waals surface area contributed by atoms with E-state index in [-0.39, 0.29) is 24.4 Å². The molecule has 0 aromatic heterocycles. The number of aryl methyl sites for hydroxylation is 2. The Morgan fingerprint density at radius 3 is 2.20 bits per heavy atom. The summed E-state index contributed by atoms with van der Waals surface area (Å²) < 4.78 is 0.998. The SMILES string of the molecule is CCC(NC(=O)CNC(=O)c1cc(C)cc(C)c1)c1ccc(Br)cc1. The zero-order valence-electron chi connectivity index (χ0n) is 14.7. The maximum atomic E-state index is 12.2. The zero-order valence-corrected chi connectivity index (χ0v) is 16.3. The van der Waals surface area contributed by atoms with Crippen LogP contribution in [0, 0.1) is 13.8 Å². The number of amides is 2. The summed E-state index contributed by atoms with van der Waals surface area (Å²) in [4.78, 5) is 24.4. The van der Waals surface area contributed by atoms with E-state index in [0.717, 1.165) is 27.6 Å². The molecule has 1 unspecified atom stereocenters. The summed E-state index contributed by atoms with van der Waals surface area (Å²) >= 11 is 3.41. The molecule has 0 spiro atoms. The van der Waals surface area contributed by atoms with E-state index in [2.05, 4.69) is 26.6 Å². The van der Waals surface area contributed by atoms with E-state index in [9.17, 15) is 9.59 Å². The fraction of sp³-hybridized carbons (Fsp3) is 0.300. The van der Waals surface area contributed by atoms with Crippen LogP contribution in [-0.2, 0) is 4.79 Å². The molecular formula is C20H23BrN2O2. The molecule has 2 amide bonds. The molecule has 0 saturated heterocycles. The van der Waals surface area contributed by atoms with Gasteiger partial charge in [-0.05, 0) is 50.1 Å². The van der Waals surface area contributed by atoms with Crippen LogP contribution in [0.15, 0.2) is 46.9 Å². The van der Waals surface area contributed by atoms with Gasteiger partial charge in [0.05, 0.1) is 12.6 Å². The van der Waals surface area contributed by atoms with E-state index in [1.54, 1.807) is 0 Å². The largest absolute Gasteiger partial charge is 0.348 e. The summed E-state index contributed by atoms with van der Waals surface area (Å²) in [5, 5.41) is 5.65. The molecule has 0 aliphatic rings. The van der Waals surface area contributed by atoms with Gasteiger partial charge in [0.1, 0.15) is 0 Å². The van der Waals surface area contributed by atoms with Crippen molar-refractivity contribution in [3.8, 4) is 0 Å². The molecule has 2 rings (SSSR count). The number of carbonyl (C=O) groups excluding carboxylic acids is 2. The van der Waals surface area contributed by atoms with Gasteiger partial charge < -0.3 is 10.6 Å². The number of nitrogens with one attached hydrogen (secondary N) is 2. The molecule has 2 aromatic carbocycles. The molecule has 2 N–H and O–H groups in total. The molecule has 0 bridgehead atoms. The number of hydrogen-bond donors (Lipinski definition) is 2. The van der Waals surface area contributed by atoms with Crippen LogP contribution in [0.1, 0.15) is 46.4 Å². The third-order valence-electron chi connectivity index (χ3n) is 3.91. The second-order valence-corrected chi connectivity index (χ2v) is 7.05. The maximum absolute atomic E-state index is 12.2. The van der Waals surface area contributed by atoms with Crippen LogP contribution in [0.2, 0.25) is 0 Å². The second-order valence-electron chi connectivity index (χ2n) is 6.14. The summed E-state index contributed by atoms with van der Waals surface area (Å²) in [5.41, 5.74) is 3.66. The summed E-state index contributed by atoms with van der Waals surface area (Å²) in [5.74, 6) is -0.439. The van der Waals surface area contributed by atoms with Gasteiger partial charge in [0.2, 0.25) is 5.91 Å². The van der Waals surface area contributed by atoms with Crippen molar-refractivity contribution in [2.45, 2.75) is 33.2 Å². The topological polar surface area (TPSA) is 58.2 Å². The normalized spacial score (nSPS) is 11.7. The molecule has 5 heteroatoms. The fourth-order valence-corrected chi connectivity index (χ4v) is 2.99. The summed E-state index contributed by atoms with van der Waals surface area (Å²) in [7, 11) is 0. The van der Waals surface area contributed by atoms with Crippen molar-refractivity contribution in [3.05, 3.63) is 69.2 Å². The second kappa shape index (κ2) is 8.81. The lowest BCUT2D eigenvalue weighted by atomic mass is 10.0. The monoisotopic (exact) mass is 402 g/mol. The van der Waals surface area contributed by atoms with Crippen molar-refractivity contribution in [1.29, 1.82) is 0 Å². The summed E-state index contributed by atoms with van der Waals surface area (Å²) in [6.45, 7) is 5.86. The quantitative estimate of drug-likeness (QED) is 0.764. The Bertz CT molecular complexity index is 737. The van der Waals surface area contributed by atoms with E-state index in [1.165, 1.54) is 0 Å². The van der Waals surface area contributed by atoms with Crippen molar-refractivity contribution in [2.75, 3.05) is 6.54 Å². The Labute approximate surface area is 157 Å². The molecule has 0 fully saturated rings. The third kappa shape index (κ3) is 5.71. The lowest BCUT2D eigenvalue weighted by Crippen LogP contribution is -2.38. The highest BCUT2D eigenvalue weighted by Crippen LogP contribution is 2.19. The minimum Gasteiger partial charge on any atom is -0.348 e. The Hall–Kier alpha value is -2.14. The molecule has 25 heavy (non-hydrogen) atoms.